The molecule has 7 nitrogen and oxygen atoms in total. The maximum Gasteiger partial charge on any atom is 0.224 e. The number of rotatable bonds is 7. The predicted octanol–water partition coefficient (Wildman–Crippen LogP) is 6.95. The molecule has 1 aliphatic rings. The zero-order valence-corrected chi connectivity index (χ0v) is 23.6. The van der Waals surface area contributed by atoms with Crippen LogP contribution in [0.2, 0.25) is 0 Å². The van der Waals surface area contributed by atoms with E-state index < -0.39 is 0 Å². The number of nitrogens with zero attached hydrogens (tertiary/aromatic N) is 2. The van der Waals surface area contributed by atoms with Crippen molar-refractivity contribution in [3.05, 3.63) is 94.4 Å². The molecule has 194 valence electrons. The average Bonchev–Trinajstić information content (AvgIpc) is 3.54. The lowest BCUT2D eigenvalue weighted by molar-refractivity contribution is -0.115. The van der Waals surface area contributed by atoms with E-state index in [1.54, 1.807) is 20.2 Å². The Kier molecular flexibility index (Phi) is 7.49. The molecule has 5 rings (SSSR count). The first kappa shape index (κ1) is 25.9. The Morgan fingerprint density at radius 3 is 2.74 bits per heavy atom. The smallest absolute Gasteiger partial charge is 0.224 e. The van der Waals surface area contributed by atoms with E-state index in [1.165, 1.54) is 0 Å². The molecule has 1 aliphatic heterocycles. The number of amides is 1. The summed E-state index contributed by atoms with van der Waals surface area (Å²) in [6.07, 6.45) is 2.14. The van der Waals surface area contributed by atoms with Gasteiger partial charge in [-0.15, -0.1) is 0 Å². The Balaban J connectivity index is 1.58. The lowest BCUT2D eigenvalue weighted by atomic mass is 10.0. The monoisotopic (exact) mass is 590 g/mol. The highest BCUT2D eigenvalue weighted by Crippen LogP contribution is 2.44. The van der Waals surface area contributed by atoms with E-state index in [-0.39, 0.29) is 18.0 Å². The van der Waals surface area contributed by atoms with Crippen LogP contribution in [0.1, 0.15) is 42.4 Å². The van der Waals surface area contributed by atoms with Crippen molar-refractivity contribution in [2.75, 3.05) is 17.3 Å². The van der Waals surface area contributed by atoms with Gasteiger partial charge in [0.15, 0.2) is 5.11 Å². The number of nitrogens with one attached hydrogen (secondary N) is 2. The number of hydrogen-bond donors (Lipinski definition) is 2. The normalized spacial score (nSPS) is 16.8. The maximum atomic E-state index is 12.0. The fraction of sp³-hybridized carbons (Fsp3) is 0.207. The van der Waals surface area contributed by atoms with Crippen LogP contribution in [0.5, 0.6) is 5.75 Å². The summed E-state index contributed by atoms with van der Waals surface area (Å²) < 4.78 is 13.1. The number of methoxy groups -OCH3 is 1. The summed E-state index contributed by atoms with van der Waals surface area (Å²) >= 11 is 9.51. The Hall–Kier alpha value is -3.69. The molecule has 0 spiro atoms. The molecule has 1 fully saturated rings. The molecule has 1 saturated heterocycles. The minimum Gasteiger partial charge on any atom is -0.494 e. The minimum absolute atomic E-state index is 0.0899. The first-order valence-corrected chi connectivity index (χ1v) is 13.4. The van der Waals surface area contributed by atoms with Gasteiger partial charge in [-0.1, -0.05) is 35.0 Å². The van der Waals surface area contributed by atoms with Gasteiger partial charge in [0.05, 0.1) is 24.5 Å². The van der Waals surface area contributed by atoms with Crippen LogP contribution in [0.4, 0.5) is 11.4 Å². The number of thiocarbonyl (C=S) groups is 1. The molecule has 9 heteroatoms. The fourth-order valence-electron chi connectivity index (χ4n) is 4.57. The molecule has 38 heavy (non-hydrogen) atoms. The molecule has 2 aromatic heterocycles. The van der Waals surface area contributed by atoms with Crippen LogP contribution in [0.3, 0.4) is 0 Å². The summed E-state index contributed by atoms with van der Waals surface area (Å²) in [5.41, 5.74) is 4.37. The van der Waals surface area contributed by atoms with Gasteiger partial charge in [0.2, 0.25) is 5.91 Å². The van der Waals surface area contributed by atoms with Crippen LogP contribution in [0, 0.1) is 6.92 Å². The van der Waals surface area contributed by atoms with Gasteiger partial charge in [0, 0.05) is 34.4 Å². The first-order chi connectivity index (χ1) is 18.4. The van der Waals surface area contributed by atoms with Crippen LogP contribution in [0.25, 0.3) is 11.3 Å². The largest absolute Gasteiger partial charge is 0.494 e. The summed E-state index contributed by atoms with van der Waals surface area (Å²) in [5, 5.41) is 6.86. The van der Waals surface area contributed by atoms with E-state index >= 15 is 0 Å². The van der Waals surface area contributed by atoms with Gasteiger partial charge in [-0.25, -0.2) is 0 Å². The van der Waals surface area contributed by atoms with E-state index in [0.29, 0.717) is 23.0 Å². The molecule has 3 heterocycles. The molecular formula is C29H27BrN4O3S. The van der Waals surface area contributed by atoms with E-state index in [4.69, 9.17) is 21.4 Å². The minimum atomic E-state index is -0.323. The zero-order valence-electron chi connectivity index (χ0n) is 21.2. The highest BCUT2D eigenvalue weighted by Gasteiger charge is 2.43. The second kappa shape index (κ2) is 11.0. The Labute approximate surface area is 235 Å². The highest BCUT2D eigenvalue weighted by atomic mass is 79.9. The van der Waals surface area contributed by atoms with Gasteiger partial charge >= 0.3 is 0 Å². The molecule has 2 aromatic carbocycles. The summed E-state index contributed by atoms with van der Waals surface area (Å²) in [7, 11) is 1.58. The summed E-state index contributed by atoms with van der Waals surface area (Å²) in [6, 6.07) is 21.0. The van der Waals surface area contributed by atoms with E-state index in [2.05, 4.69) is 50.6 Å². The lowest BCUT2D eigenvalue weighted by Crippen LogP contribution is -2.29. The molecule has 4 aromatic rings. The van der Waals surface area contributed by atoms with E-state index in [0.717, 1.165) is 38.5 Å². The van der Waals surface area contributed by atoms with Crippen molar-refractivity contribution in [3.63, 3.8) is 0 Å². The van der Waals surface area contributed by atoms with Crippen LogP contribution >= 0.6 is 28.1 Å². The van der Waals surface area contributed by atoms with E-state index in [9.17, 15) is 4.79 Å². The number of halogens is 1. The standard InChI is InChI=1S/C29H27BrN4O3S/c1-4-26(35)32-21-11-9-18(16-25(21)36-3)34-28(27(33-29(34)38)22-7-5-6-14-31-22)24-13-12-23(37-24)19-10-8-17(2)15-20(19)30/h5-16,27-28H,4H2,1-3H3,(H,32,35)(H,33,38)/t27-,28+/m1/s1. The third-order valence-electron chi connectivity index (χ3n) is 6.46. The molecular weight excluding hydrogens is 564 g/mol. The van der Waals surface area contributed by atoms with E-state index in [1.807, 2.05) is 59.5 Å². The van der Waals surface area contributed by atoms with Crippen molar-refractivity contribution in [2.24, 2.45) is 0 Å². The average molecular weight is 592 g/mol. The number of carbonyl (C=O) groups excluding carboxylic acids is 1. The Morgan fingerprint density at radius 2 is 2.03 bits per heavy atom. The second-order valence-electron chi connectivity index (χ2n) is 8.97. The first-order valence-electron chi connectivity index (χ1n) is 12.2. The van der Waals surface area contributed by atoms with Gasteiger partial charge in [-0.2, -0.15) is 0 Å². The lowest BCUT2D eigenvalue weighted by Gasteiger charge is -2.27. The number of carbonyl (C=O) groups is 1. The molecule has 2 N–H and O–H groups in total. The number of benzene rings is 2. The summed E-state index contributed by atoms with van der Waals surface area (Å²) in [6.45, 7) is 3.86. The number of pyridine rings is 1. The van der Waals surface area contributed by atoms with Crippen molar-refractivity contribution >= 4 is 50.5 Å². The number of aryl methyl sites for hydroxylation is 1. The number of aromatic nitrogens is 1. The van der Waals surface area contributed by atoms with Gasteiger partial charge in [0.25, 0.3) is 0 Å². The van der Waals surface area contributed by atoms with Crippen molar-refractivity contribution < 1.29 is 13.9 Å². The fourth-order valence-corrected chi connectivity index (χ4v) is 5.60. The quantitative estimate of drug-likeness (QED) is 0.225. The van der Waals surface area contributed by atoms with Gasteiger partial charge in [0.1, 0.15) is 23.3 Å². The summed E-state index contributed by atoms with van der Waals surface area (Å²) in [4.78, 5) is 18.6. The van der Waals surface area contributed by atoms with Crippen molar-refractivity contribution in [3.8, 4) is 17.1 Å². The molecule has 2 atom stereocenters. The summed E-state index contributed by atoms with van der Waals surface area (Å²) in [5.74, 6) is 1.93. The van der Waals surface area contributed by atoms with Crippen molar-refractivity contribution in [1.29, 1.82) is 0 Å². The third-order valence-corrected chi connectivity index (χ3v) is 7.44. The Morgan fingerprint density at radius 1 is 1.18 bits per heavy atom. The Bertz CT molecular complexity index is 1490. The zero-order chi connectivity index (χ0) is 26.8. The molecule has 0 aliphatic carbocycles. The van der Waals surface area contributed by atoms with Crippen molar-refractivity contribution in [2.45, 2.75) is 32.4 Å². The predicted molar refractivity (Wildman–Crippen MR) is 156 cm³/mol. The third kappa shape index (κ3) is 5.04. The number of anilines is 2. The second-order valence-corrected chi connectivity index (χ2v) is 10.2. The van der Waals surface area contributed by atoms with Crippen molar-refractivity contribution in [1.82, 2.24) is 10.3 Å². The van der Waals surface area contributed by atoms with Gasteiger partial charge in [-0.3, -0.25) is 9.78 Å². The molecule has 0 radical (unpaired) electrons. The molecule has 0 saturated carbocycles. The number of ether oxygens (including phenoxy) is 1. The number of hydrogen-bond acceptors (Lipinski definition) is 5. The number of furan rings is 1. The van der Waals surface area contributed by atoms with Crippen LogP contribution in [0.15, 0.2) is 81.8 Å². The molecule has 1 amide bonds. The maximum absolute atomic E-state index is 12.0. The van der Waals surface area contributed by atoms with Gasteiger partial charge < -0.3 is 24.7 Å². The highest BCUT2D eigenvalue weighted by molar-refractivity contribution is 9.10. The molecule has 0 bridgehead atoms. The van der Waals surface area contributed by atoms with Crippen LogP contribution < -0.4 is 20.3 Å². The topological polar surface area (TPSA) is 79.6 Å². The van der Waals surface area contributed by atoms with Gasteiger partial charge in [-0.05, 0) is 73.2 Å². The molecule has 0 unspecified atom stereocenters. The van der Waals surface area contributed by atoms with Crippen LogP contribution in [-0.2, 0) is 4.79 Å². The SMILES string of the molecule is CCC(=O)Nc1ccc(N2C(=S)N[C@H](c3ccccn3)[C@@H]2c2ccc(-c3ccc(C)cc3Br)o2)cc1OC. The van der Waals surface area contributed by atoms with Crippen LogP contribution in [-0.4, -0.2) is 23.1 Å².